The van der Waals surface area contributed by atoms with Gasteiger partial charge in [-0.15, -0.1) is 0 Å². The quantitative estimate of drug-likeness (QED) is 0.756. The predicted molar refractivity (Wildman–Crippen MR) is 63.1 cm³/mol. The number of alkyl halides is 4. The van der Waals surface area contributed by atoms with E-state index in [9.17, 15) is 22.4 Å². The van der Waals surface area contributed by atoms with Gasteiger partial charge in [-0.1, -0.05) is 30.3 Å². The number of nitrogens with zero attached hydrogens (tertiary/aromatic N) is 1. The maximum atomic E-state index is 13.1. The van der Waals surface area contributed by atoms with Gasteiger partial charge in [0.1, 0.15) is 0 Å². The Morgan fingerprint density at radius 3 is 2.16 bits per heavy atom. The summed E-state index contributed by atoms with van der Waals surface area (Å²) in [5.74, 6) is -6.50. The molecule has 106 valence electrons. The molecule has 19 heavy (non-hydrogen) atoms. The van der Waals surface area contributed by atoms with E-state index in [4.69, 9.17) is 0 Å². The molecule has 0 heterocycles. The third kappa shape index (κ3) is 3.68. The summed E-state index contributed by atoms with van der Waals surface area (Å²) in [6.45, 7) is 2.88. The SMILES string of the molecule is CC(C)N(Cc1ccccc1)C(=O)C(F)(F)C(F)F. The van der Waals surface area contributed by atoms with Gasteiger partial charge in [0.05, 0.1) is 0 Å². The van der Waals surface area contributed by atoms with Gasteiger partial charge in [0, 0.05) is 12.6 Å². The van der Waals surface area contributed by atoms with E-state index in [0.29, 0.717) is 5.56 Å². The number of halogens is 4. The van der Waals surface area contributed by atoms with Gasteiger partial charge in [0.2, 0.25) is 0 Å². The monoisotopic (exact) mass is 277 g/mol. The summed E-state index contributed by atoms with van der Waals surface area (Å²) < 4.78 is 50.7. The zero-order valence-electron chi connectivity index (χ0n) is 10.6. The van der Waals surface area contributed by atoms with Crippen LogP contribution in [0, 0.1) is 0 Å². The van der Waals surface area contributed by atoms with Crippen LogP contribution in [-0.2, 0) is 11.3 Å². The molecule has 1 aromatic rings. The first-order valence-corrected chi connectivity index (χ1v) is 5.77. The second kappa shape index (κ2) is 6.04. The molecule has 0 bridgehead atoms. The van der Waals surface area contributed by atoms with E-state index in [1.54, 1.807) is 30.3 Å². The summed E-state index contributed by atoms with van der Waals surface area (Å²) in [5.41, 5.74) is 0.606. The van der Waals surface area contributed by atoms with Crippen LogP contribution in [0.1, 0.15) is 19.4 Å². The Kier molecular flexibility index (Phi) is 4.91. The first-order valence-electron chi connectivity index (χ1n) is 5.77. The van der Waals surface area contributed by atoms with Crippen molar-refractivity contribution < 1.29 is 22.4 Å². The Bertz CT molecular complexity index is 420. The summed E-state index contributed by atoms with van der Waals surface area (Å²) >= 11 is 0. The molecular formula is C13H15F4NO. The molecule has 0 aliphatic heterocycles. The van der Waals surface area contributed by atoms with Crippen LogP contribution in [0.5, 0.6) is 0 Å². The van der Waals surface area contributed by atoms with Gasteiger partial charge in [-0.3, -0.25) is 4.79 Å². The molecule has 0 aliphatic rings. The van der Waals surface area contributed by atoms with E-state index >= 15 is 0 Å². The van der Waals surface area contributed by atoms with E-state index in [0.717, 1.165) is 4.90 Å². The van der Waals surface area contributed by atoms with Crippen LogP contribution < -0.4 is 0 Å². The van der Waals surface area contributed by atoms with Crippen LogP contribution in [0.25, 0.3) is 0 Å². The number of amides is 1. The standard InChI is InChI=1S/C13H15F4NO/c1-9(2)18(8-10-6-4-3-5-7-10)12(19)13(16,17)11(14)15/h3-7,9,11H,8H2,1-2H3. The van der Waals surface area contributed by atoms with Crippen molar-refractivity contribution in [2.45, 2.75) is 38.8 Å². The molecule has 1 rings (SSSR count). The lowest BCUT2D eigenvalue weighted by Crippen LogP contribution is -2.49. The number of carbonyl (C=O) groups is 1. The molecule has 0 N–H and O–H groups in total. The van der Waals surface area contributed by atoms with Crippen LogP contribution in [0.4, 0.5) is 17.6 Å². The van der Waals surface area contributed by atoms with Crippen molar-refractivity contribution in [3.05, 3.63) is 35.9 Å². The van der Waals surface area contributed by atoms with Crippen LogP contribution in [-0.4, -0.2) is 29.2 Å². The van der Waals surface area contributed by atoms with Gasteiger partial charge in [-0.2, -0.15) is 8.78 Å². The fourth-order valence-corrected chi connectivity index (χ4v) is 1.55. The highest BCUT2D eigenvalue weighted by Crippen LogP contribution is 2.27. The molecule has 0 saturated carbocycles. The van der Waals surface area contributed by atoms with E-state index < -0.39 is 24.3 Å². The van der Waals surface area contributed by atoms with Crippen molar-refractivity contribution in [1.29, 1.82) is 0 Å². The van der Waals surface area contributed by atoms with Gasteiger partial charge in [0.15, 0.2) is 0 Å². The molecule has 1 amide bonds. The number of benzene rings is 1. The molecule has 0 saturated heterocycles. The number of rotatable bonds is 5. The van der Waals surface area contributed by atoms with Crippen molar-refractivity contribution in [1.82, 2.24) is 4.90 Å². The van der Waals surface area contributed by atoms with Crippen LogP contribution >= 0.6 is 0 Å². The topological polar surface area (TPSA) is 20.3 Å². The van der Waals surface area contributed by atoms with E-state index in [-0.39, 0.29) is 6.54 Å². The van der Waals surface area contributed by atoms with Gasteiger partial charge < -0.3 is 4.90 Å². The fourth-order valence-electron chi connectivity index (χ4n) is 1.55. The maximum Gasteiger partial charge on any atom is 0.383 e. The highest BCUT2D eigenvalue weighted by molar-refractivity contribution is 5.84. The first-order chi connectivity index (χ1) is 8.76. The lowest BCUT2D eigenvalue weighted by Gasteiger charge is -2.30. The third-order valence-corrected chi connectivity index (χ3v) is 2.64. The highest BCUT2D eigenvalue weighted by Gasteiger charge is 2.51. The van der Waals surface area contributed by atoms with E-state index in [2.05, 4.69) is 0 Å². The lowest BCUT2D eigenvalue weighted by atomic mass is 10.1. The van der Waals surface area contributed by atoms with Gasteiger partial charge in [0.25, 0.3) is 5.91 Å². The summed E-state index contributed by atoms with van der Waals surface area (Å²) in [7, 11) is 0. The Morgan fingerprint density at radius 1 is 1.21 bits per heavy atom. The smallest absolute Gasteiger partial charge is 0.331 e. The summed E-state index contributed by atoms with van der Waals surface area (Å²) in [5, 5.41) is 0. The molecular weight excluding hydrogens is 262 g/mol. The molecule has 0 fully saturated rings. The molecule has 0 radical (unpaired) electrons. The maximum absolute atomic E-state index is 13.1. The Balaban J connectivity index is 2.93. The molecule has 0 aliphatic carbocycles. The molecule has 0 unspecified atom stereocenters. The van der Waals surface area contributed by atoms with Gasteiger partial charge in [-0.05, 0) is 19.4 Å². The second-order valence-corrected chi connectivity index (χ2v) is 4.44. The average Bonchev–Trinajstić information content (AvgIpc) is 2.35. The van der Waals surface area contributed by atoms with Crippen LogP contribution in [0.3, 0.4) is 0 Å². The predicted octanol–water partition coefficient (Wildman–Crippen LogP) is 3.32. The summed E-state index contributed by atoms with van der Waals surface area (Å²) in [6, 6.07) is 7.79. The molecule has 0 aromatic heterocycles. The molecule has 0 spiro atoms. The number of carbonyl (C=O) groups excluding carboxylic acids is 1. The zero-order valence-corrected chi connectivity index (χ0v) is 10.6. The molecule has 1 aromatic carbocycles. The fraction of sp³-hybridized carbons (Fsp3) is 0.462. The van der Waals surface area contributed by atoms with Crippen molar-refractivity contribution in [3.8, 4) is 0 Å². The van der Waals surface area contributed by atoms with Gasteiger partial charge in [-0.25, -0.2) is 8.78 Å². The lowest BCUT2D eigenvalue weighted by molar-refractivity contribution is -0.183. The Morgan fingerprint density at radius 2 is 1.74 bits per heavy atom. The van der Waals surface area contributed by atoms with Crippen molar-refractivity contribution >= 4 is 5.91 Å². The van der Waals surface area contributed by atoms with Crippen molar-refractivity contribution in [2.75, 3.05) is 0 Å². The zero-order chi connectivity index (χ0) is 14.6. The van der Waals surface area contributed by atoms with Crippen molar-refractivity contribution in [2.24, 2.45) is 0 Å². The van der Waals surface area contributed by atoms with Crippen LogP contribution in [0.2, 0.25) is 0 Å². The second-order valence-electron chi connectivity index (χ2n) is 4.44. The molecule has 2 nitrogen and oxygen atoms in total. The number of hydrogen-bond donors (Lipinski definition) is 0. The highest BCUT2D eigenvalue weighted by atomic mass is 19.3. The third-order valence-electron chi connectivity index (χ3n) is 2.64. The molecule has 6 heteroatoms. The Labute approximate surface area is 109 Å². The van der Waals surface area contributed by atoms with Crippen molar-refractivity contribution in [3.63, 3.8) is 0 Å². The van der Waals surface area contributed by atoms with Gasteiger partial charge >= 0.3 is 12.3 Å². The summed E-state index contributed by atoms with van der Waals surface area (Å²) in [4.78, 5) is 12.3. The Hall–Kier alpha value is -1.59. The normalized spacial score (nSPS) is 12.0. The van der Waals surface area contributed by atoms with Crippen LogP contribution in [0.15, 0.2) is 30.3 Å². The largest absolute Gasteiger partial charge is 0.383 e. The first kappa shape index (κ1) is 15.5. The minimum Gasteiger partial charge on any atom is -0.331 e. The average molecular weight is 277 g/mol. The summed E-state index contributed by atoms with van der Waals surface area (Å²) in [6.07, 6.45) is -4.00. The number of hydrogen-bond acceptors (Lipinski definition) is 1. The van der Waals surface area contributed by atoms with E-state index in [1.807, 2.05) is 0 Å². The van der Waals surface area contributed by atoms with E-state index in [1.165, 1.54) is 13.8 Å². The molecule has 0 atom stereocenters. The minimum atomic E-state index is -4.65. The minimum absolute atomic E-state index is 0.125.